The molecule has 4 N–H and O–H groups in total. The van der Waals surface area contributed by atoms with Crippen molar-refractivity contribution in [3.05, 3.63) is 6.20 Å². The van der Waals surface area contributed by atoms with Gasteiger partial charge in [0.2, 0.25) is 15.9 Å². The van der Waals surface area contributed by atoms with Gasteiger partial charge in [-0.25, -0.2) is 8.42 Å². The number of piperazine rings is 1. The van der Waals surface area contributed by atoms with Gasteiger partial charge in [0.1, 0.15) is 10.7 Å². The quantitative estimate of drug-likeness (QED) is 0.593. The van der Waals surface area contributed by atoms with Crippen LogP contribution in [0.15, 0.2) is 11.1 Å². The number of amides is 1. The van der Waals surface area contributed by atoms with E-state index in [1.54, 1.807) is 7.05 Å². The zero-order valence-electron chi connectivity index (χ0n) is 11.2. The van der Waals surface area contributed by atoms with Gasteiger partial charge in [-0.1, -0.05) is 0 Å². The lowest BCUT2D eigenvalue weighted by molar-refractivity contribution is -0.122. The summed E-state index contributed by atoms with van der Waals surface area (Å²) in [5.74, 6) is -0.0434. The number of hydrogen-bond donors (Lipinski definition) is 3. The van der Waals surface area contributed by atoms with Crippen molar-refractivity contribution in [2.45, 2.75) is 4.90 Å². The Morgan fingerprint density at radius 1 is 1.45 bits per heavy atom. The summed E-state index contributed by atoms with van der Waals surface area (Å²) in [6.45, 7) is 1.93. The Balaban J connectivity index is 2.00. The van der Waals surface area contributed by atoms with E-state index in [2.05, 4.69) is 15.5 Å². The summed E-state index contributed by atoms with van der Waals surface area (Å²) in [4.78, 5) is 13.2. The normalized spacial score (nSPS) is 18.1. The highest BCUT2D eigenvalue weighted by Gasteiger charge is 2.31. The maximum absolute atomic E-state index is 12.3. The van der Waals surface area contributed by atoms with Crippen LogP contribution in [-0.2, 0) is 14.8 Å². The number of likely N-dealkylation sites (N-methyl/N-ethyl adjacent to an activating group) is 1. The third-order valence-electron chi connectivity index (χ3n) is 3.23. The number of sulfonamides is 1. The van der Waals surface area contributed by atoms with Crippen LogP contribution >= 0.6 is 0 Å². The minimum atomic E-state index is -3.62. The molecule has 2 rings (SSSR count). The van der Waals surface area contributed by atoms with Crippen LogP contribution in [0.4, 0.5) is 5.82 Å². The van der Waals surface area contributed by atoms with Gasteiger partial charge in [-0.3, -0.25) is 14.8 Å². The van der Waals surface area contributed by atoms with E-state index in [1.165, 1.54) is 10.5 Å². The zero-order valence-corrected chi connectivity index (χ0v) is 12.0. The molecule has 1 aliphatic rings. The summed E-state index contributed by atoms with van der Waals surface area (Å²) in [7, 11) is -2.05. The van der Waals surface area contributed by atoms with Gasteiger partial charge in [0, 0.05) is 33.2 Å². The van der Waals surface area contributed by atoms with Crippen LogP contribution in [0.5, 0.6) is 0 Å². The average Bonchev–Trinajstić information content (AvgIpc) is 2.86. The lowest BCUT2D eigenvalue weighted by Gasteiger charge is -2.33. The van der Waals surface area contributed by atoms with Gasteiger partial charge in [-0.15, -0.1) is 0 Å². The first kappa shape index (κ1) is 14.8. The van der Waals surface area contributed by atoms with Gasteiger partial charge in [-0.2, -0.15) is 9.40 Å². The Morgan fingerprint density at radius 3 is 2.60 bits per heavy atom. The molecule has 1 aromatic heterocycles. The molecule has 0 radical (unpaired) electrons. The predicted octanol–water partition coefficient (Wildman–Crippen LogP) is -1.96. The SMILES string of the molecule is CNC(=O)CN1CCN(S(=O)(=O)c2cn[nH]c2N)CC1. The van der Waals surface area contributed by atoms with Gasteiger partial charge in [0.25, 0.3) is 0 Å². The number of nitrogen functional groups attached to an aromatic ring is 1. The van der Waals surface area contributed by atoms with Crippen molar-refractivity contribution in [1.82, 2.24) is 24.7 Å². The van der Waals surface area contributed by atoms with Crippen molar-refractivity contribution in [1.29, 1.82) is 0 Å². The Bertz CT molecular complexity index is 576. The van der Waals surface area contributed by atoms with Crippen LogP contribution in [-0.4, -0.2) is 73.5 Å². The minimum absolute atomic E-state index is 0.00255. The number of carbonyl (C=O) groups excluding carboxylic acids is 1. The number of aromatic nitrogens is 2. The topological polar surface area (TPSA) is 124 Å². The van der Waals surface area contributed by atoms with Crippen LogP contribution in [0.1, 0.15) is 0 Å². The predicted molar refractivity (Wildman–Crippen MR) is 72.3 cm³/mol. The molecule has 1 fully saturated rings. The first-order chi connectivity index (χ1) is 9.45. The Kier molecular flexibility index (Phi) is 4.26. The monoisotopic (exact) mass is 302 g/mol. The number of nitrogens with one attached hydrogen (secondary N) is 2. The van der Waals surface area contributed by atoms with E-state index < -0.39 is 10.0 Å². The summed E-state index contributed by atoms with van der Waals surface area (Å²) in [6, 6.07) is 0. The fraction of sp³-hybridized carbons (Fsp3) is 0.600. The largest absolute Gasteiger partial charge is 0.383 e. The van der Waals surface area contributed by atoms with Crippen LogP contribution in [0.3, 0.4) is 0 Å². The molecule has 112 valence electrons. The van der Waals surface area contributed by atoms with E-state index in [4.69, 9.17) is 5.73 Å². The van der Waals surface area contributed by atoms with E-state index in [0.717, 1.165) is 0 Å². The summed E-state index contributed by atoms with van der Waals surface area (Å²) >= 11 is 0. The summed E-state index contributed by atoms with van der Waals surface area (Å²) < 4.78 is 26.0. The molecule has 10 heteroatoms. The molecule has 0 unspecified atom stereocenters. The molecular weight excluding hydrogens is 284 g/mol. The molecule has 0 atom stereocenters. The smallest absolute Gasteiger partial charge is 0.248 e. The number of rotatable bonds is 4. The highest BCUT2D eigenvalue weighted by molar-refractivity contribution is 7.89. The Morgan fingerprint density at radius 2 is 2.10 bits per heavy atom. The molecule has 0 bridgehead atoms. The van der Waals surface area contributed by atoms with E-state index in [9.17, 15) is 13.2 Å². The molecule has 0 aromatic carbocycles. The molecule has 0 aliphatic carbocycles. The van der Waals surface area contributed by atoms with Crippen molar-refractivity contribution in [2.75, 3.05) is 45.5 Å². The number of anilines is 1. The Labute approximate surface area is 117 Å². The summed E-state index contributed by atoms with van der Waals surface area (Å²) in [5.41, 5.74) is 5.56. The lowest BCUT2D eigenvalue weighted by atomic mass is 10.3. The van der Waals surface area contributed by atoms with Crippen LogP contribution < -0.4 is 11.1 Å². The fourth-order valence-corrected chi connectivity index (χ4v) is 3.47. The second kappa shape index (κ2) is 5.77. The maximum atomic E-state index is 12.3. The number of hydrogen-bond acceptors (Lipinski definition) is 6. The van der Waals surface area contributed by atoms with E-state index in [0.29, 0.717) is 26.2 Å². The first-order valence-electron chi connectivity index (χ1n) is 6.17. The molecule has 1 amide bonds. The minimum Gasteiger partial charge on any atom is -0.383 e. The van der Waals surface area contributed by atoms with Gasteiger partial charge < -0.3 is 11.1 Å². The van der Waals surface area contributed by atoms with E-state index >= 15 is 0 Å². The fourth-order valence-electron chi connectivity index (χ4n) is 2.04. The van der Waals surface area contributed by atoms with Gasteiger partial charge in [0.15, 0.2) is 0 Å². The van der Waals surface area contributed by atoms with E-state index in [-0.39, 0.29) is 23.2 Å². The lowest BCUT2D eigenvalue weighted by Crippen LogP contribution is -2.50. The number of nitrogens with two attached hydrogens (primary N) is 1. The van der Waals surface area contributed by atoms with Crippen molar-refractivity contribution in [3.8, 4) is 0 Å². The Hall–Kier alpha value is -1.65. The molecular formula is C10H18N6O3S. The highest BCUT2D eigenvalue weighted by atomic mass is 32.2. The standard InChI is InChI=1S/C10H18N6O3S/c1-12-9(17)7-15-2-4-16(5-3-15)20(18,19)8-6-13-14-10(8)11/h6H,2-5,7H2,1H3,(H,12,17)(H3,11,13,14). The van der Waals surface area contributed by atoms with Crippen molar-refractivity contribution >= 4 is 21.7 Å². The third-order valence-corrected chi connectivity index (χ3v) is 5.15. The number of carbonyl (C=O) groups is 1. The molecule has 2 heterocycles. The molecule has 0 saturated carbocycles. The maximum Gasteiger partial charge on any atom is 0.248 e. The summed E-state index contributed by atoms with van der Waals surface area (Å²) in [6.07, 6.45) is 1.21. The second-order valence-electron chi connectivity index (χ2n) is 4.50. The van der Waals surface area contributed by atoms with Crippen molar-refractivity contribution < 1.29 is 13.2 Å². The average molecular weight is 302 g/mol. The van der Waals surface area contributed by atoms with Crippen molar-refractivity contribution in [3.63, 3.8) is 0 Å². The van der Waals surface area contributed by atoms with Crippen molar-refractivity contribution in [2.24, 2.45) is 0 Å². The molecule has 20 heavy (non-hydrogen) atoms. The second-order valence-corrected chi connectivity index (χ2v) is 6.41. The van der Waals surface area contributed by atoms with E-state index in [1.807, 2.05) is 4.90 Å². The molecule has 9 nitrogen and oxygen atoms in total. The number of nitrogens with zero attached hydrogens (tertiary/aromatic N) is 3. The molecule has 1 aromatic rings. The zero-order chi connectivity index (χ0) is 14.8. The van der Waals surface area contributed by atoms with Gasteiger partial charge in [0.05, 0.1) is 12.7 Å². The number of aromatic amines is 1. The van der Waals surface area contributed by atoms with Gasteiger partial charge in [-0.05, 0) is 0 Å². The molecule has 1 saturated heterocycles. The molecule has 0 spiro atoms. The molecule has 1 aliphatic heterocycles. The van der Waals surface area contributed by atoms with Gasteiger partial charge >= 0.3 is 0 Å². The van der Waals surface area contributed by atoms with Crippen LogP contribution in [0.25, 0.3) is 0 Å². The van der Waals surface area contributed by atoms with Crippen LogP contribution in [0.2, 0.25) is 0 Å². The summed E-state index contributed by atoms with van der Waals surface area (Å²) in [5, 5.41) is 8.59. The highest BCUT2D eigenvalue weighted by Crippen LogP contribution is 2.20. The first-order valence-corrected chi connectivity index (χ1v) is 7.61. The van der Waals surface area contributed by atoms with Crippen LogP contribution in [0, 0.1) is 0 Å². The number of H-pyrrole nitrogens is 1. The third kappa shape index (κ3) is 2.92.